The number of thiophene rings is 1. The standard InChI is InChI=1S/C17H13NO3S3/c19-15-14(10-12-7-4-8-23-12)24-17(22)18(15)13(16(20)21)9-11-5-2-1-3-6-11/h1-8,10,13H,9H2,(H,20,21)/p-1. The Morgan fingerprint density at radius 2 is 2.00 bits per heavy atom. The van der Waals surface area contributed by atoms with Crippen molar-refractivity contribution in [3.8, 4) is 0 Å². The van der Waals surface area contributed by atoms with Gasteiger partial charge in [0.25, 0.3) is 5.91 Å². The summed E-state index contributed by atoms with van der Waals surface area (Å²) in [5.41, 5.74) is 0.808. The lowest BCUT2D eigenvalue weighted by Gasteiger charge is -2.27. The maximum absolute atomic E-state index is 12.6. The highest BCUT2D eigenvalue weighted by Gasteiger charge is 2.37. The van der Waals surface area contributed by atoms with Gasteiger partial charge in [-0.05, 0) is 29.5 Å². The van der Waals surface area contributed by atoms with Crippen LogP contribution in [0.2, 0.25) is 0 Å². The van der Waals surface area contributed by atoms with Gasteiger partial charge >= 0.3 is 0 Å². The predicted octanol–water partition coefficient (Wildman–Crippen LogP) is 2.31. The number of aliphatic carboxylic acids is 1. The first-order chi connectivity index (χ1) is 11.6. The number of rotatable bonds is 5. The normalized spacial score (nSPS) is 17.5. The number of amides is 1. The third-order valence-electron chi connectivity index (χ3n) is 3.50. The minimum Gasteiger partial charge on any atom is -0.548 e. The van der Waals surface area contributed by atoms with E-state index < -0.39 is 12.0 Å². The molecule has 1 aliphatic heterocycles. The maximum atomic E-state index is 12.6. The van der Waals surface area contributed by atoms with Crippen LogP contribution in [0.3, 0.4) is 0 Å². The van der Waals surface area contributed by atoms with Crippen molar-refractivity contribution in [2.24, 2.45) is 0 Å². The van der Waals surface area contributed by atoms with Crippen LogP contribution in [-0.4, -0.2) is 27.1 Å². The van der Waals surface area contributed by atoms with E-state index in [-0.39, 0.29) is 16.6 Å². The highest BCUT2D eigenvalue weighted by atomic mass is 32.2. The van der Waals surface area contributed by atoms with Gasteiger partial charge in [-0.15, -0.1) is 11.3 Å². The predicted molar refractivity (Wildman–Crippen MR) is 98.3 cm³/mol. The lowest BCUT2D eigenvalue weighted by molar-refractivity contribution is -0.310. The van der Waals surface area contributed by atoms with E-state index in [1.807, 2.05) is 47.8 Å². The average Bonchev–Trinajstić information content (AvgIpc) is 3.16. The molecule has 2 heterocycles. The molecule has 3 rings (SSSR count). The van der Waals surface area contributed by atoms with Gasteiger partial charge in [-0.25, -0.2) is 0 Å². The molecule has 0 N–H and O–H groups in total. The minimum atomic E-state index is -1.31. The zero-order chi connectivity index (χ0) is 17.1. The first kappa shape index (κ1) is 16.9. The Kier molecular flexibility index (Phi) is 5.13. The first-order valence-corrected chi connectivity index (χ1v) is 9.22. The van der Waals surface area contributed by atoms with Crippen LogP contribution in [0.4, 0.5) is 0 Å². The van der Waals surface area contributed by atoms with E-state index in [1.165, 1.54) is 11.3 Å². The number of thioether (sulfide) groups is 1. The Balaban J connectivity index is 1.87. The number of nitrogens with zero attached hydrogens (tertiary/aromatic N) is 1. The summed E-state index contributed by atoms with van der Waals surface area (Å²) in [6, 6.07) is 11.8. The molecule has 1 fully saturated rings. The SMILES string of the molecule is O=C([O-])C(Cc1ccccc1)N1C(=O)C(=Cc2cccs2)SC1=S. The molecule has 1 unspecified atom stereocenters. The van der Waals surface area contributed by atoms with Gasteiger partial charge in [-0.1, -0.05) is 60.4 Å². The van der Waals surface area contributed by atoms with Crippen molar-refractivity contribution in [1.29, 1.82) is 0 Å². The fourth-order valence-electron chi connectivity index (χ4n) is 2.37. The van der Waals surface area contributed by atoms with Crippen molar-refractivity contribution >= 4 is 57.6 Å². The van der Waals surface area contributed by atoms with Crippen molar-refractivity contribution in [1.82, 2.24) is 4.90 Å². The van der Waals surface area contributed by atoms with Crippen LogP contribution in [0.15, 0.2) is 52.7 Å². The van der Waals surface area contributed by atoms with Gasteiger partial charge in [0.2, 0.25) is 0 Å². The molecule has 2 aromatic rings. The number of hydrogen-bond acceptors (Lipinski definition) is 6. The number of carbonyl (C=O) groups excluding carboxylic acids is 2. The smallest absolute Gasteiger partial charge is 0.266 e. The van der Waals surface area contributed by atoms with Crippen LogP contribution in [0.25, 0.3) is 6.08 Å². The Bertz CT molecular complexity index is 800. The summed E-state index contributed by atoms with van der Waals surface area (Å²) in [6.45, 7) is 0. The number of hydrogen-bond donors (Lipinski definition) is 0. The number of carboxylic acid groups (broad SMARTS) is 1. The largest absolute Gasteiger partial charge is 0.548 e. The van der Waals surface area contributed by atoms with Gasteiger partial charge < -0.3 is 9.90 Å². The molecule has 1 aliphatic rings. The number of benzene rings is 1. The van der Waals surface area contributed by atoms with Crippen LogP contribution in [0, 0.1) is 0 Å². The number of carbonyl (C=O) groups is 2. The molecule has 1 amide bonds. The molecule has 0 saturated carbocycles. The second-order valence-electron chi connectivity index (χ2n) is 5.09. The van der Waals surface area contributed by atoms with E-state index in [9.17, 15) is 14.7 Å². The number of carboxylic acids is 1. The van der Waals surface area contributed by atoms with Crippen molar-refractivity contribution < 1.29 is 14.7 Å². The van der Waals surface area contributed by atoms with E-state index in [0.717, 1.165) is 27.1 Å². The molecule has 4 nitrogen and oxygen atoms in total. The van der Waals surface area contributed by atoms with Crippen molar-refractivity contribution in [2.45, 2.75) is 12.5 Å². The van der Waals surface area contributed by atoms with E-state index in [2.05, 4.69) is 0 Å². The molecule has 122 valence electrons. The van der Waals surface area contributed by atoms with E-state index in [1.54, 1.807) is 6.08 Å². The molecule has 0 bridgehead atoms. The van der Waals surface area contributed by atoms with Gasteiger partial charge in [0.15, 0.2) is 0 Å². The fraction of sp³-hybridized carbons (Fsp3) is 0.118. The Morgan fingerprint density at radius 1 is 1.25 bits per heavy atom. The van der Waals surface area contributed by atoms with E-state index in [4.69, 9.17) is 12.2 Å². The average molecular weight is 374 g/mol. The zero-order valence-corrected chi connectivity index (χ0v) is 14.8. The molecule has 0 radical (unpaired) electrons. The van der Waals surface area contributed by atoms with Gasteiger partial charge in [0.1, 0.15) is 4.32 Å². The summed E-state index contributed by atoms with van der Waals surface area (Å²) in [7, 11) is 0. The molecule has 0 aliphatic carbocycles. The summed E-state index contributed by atoms with van der Waals surface area (Å²) in [6.07, 6.45) is 1.89. The molecular formula is C17H12NO3S3-. The van der Waals surface area contributed by atoms with Crippen LogP contribution >= 0.6 is 35.3 Å². The summed E-state index contributed by atoms with van der Waals surface area (Å²) < 4.78 is 0.243. The number of thiocarbonyl (C=S) groups is 1. The molecule has 7 heteroatoms. The highest BCUT2D eigenvalue weighted by Crippen LogP contribution is 2.35. The lowest BCUT2D eigenvalue weighted by atomic mass is 10.0. The van der Waals surface area contributed by atoms with Gasteiger partial charge in [0, 0.05) is 4.88 Å². The summed E-state index contributed by atoms with van der Waals surface area (Å²) in [5.74, 6) is -1.70. The van der Waals surface area contributed by atoms with E-state index in [0.29, 0.717) is 4.91 Å². The van der Waals surface area contributed by atoms with Crippen molar-refractivity contribution in [3.05, 3.63) is 63.2 Å². The topological polar surface area (TPSA) is 60.4 Å². The van der Waals surface area contributed by atoms with Crippen LogP contribution < -0.4 is 5.11 Å². The summed E-state index contributed by atoms with van der Waals surface area (Å²) in [4.78, 5) is 26.8. The summed E-state index contributed by atoms with van der Waals surface area (Å²) in [5, 5.41) is 13.5. The van der Waals surface area contributed by atoms with Crippen LogP contribution in [-0.2, 0) is 16.0 Å². The lowest BCUT2D eigenvalue weighted by Crippen LogP contribution is -2.51. The van der Waals surface area contributed by atoms with Gasteiger partial charge in [-0.2, -0.15) is 0 Å². The zero-order valence-electron chi connectivity index (χ0n) is 12.4. The minimum absolute atomic E-state index is 0.155. The monoisotopic (exact) mass is 374 g/mol. The fourth-order valence-corrected chi connectivity index (χ4v) is 4.45. The Labute approximate surface area is 152 Å². The molecule has 1 atom stereocenters. The molecule has 24 heavy (non-hydrogen) atoms. The quantitative estimate of drug-likeness (QED) is 0.594. The van der Waals surface area contributed by atoms with Crippen LogP contribution in [0.5, 0.6) is 0 Å². The molecule has 1 saturated heterocycles. The first-order valence-electron chi connectivity index (χ1n) is 7.11. The summed E-state index contributed by atoms with van der Waals surface area (Å²) >= 11 is 7.86. The van der Waals surface area contributed by atoms with E-state index >= 15 is 0 Å². The molecule has 0 spiro atoms. The highest BCUT2D eigenvalue weighted by molar-refractivity contribution is 8.26. The second kappa shape index (κ2) is 7.29. The second-order valence-corrected chi connectivity index (χ2v) is 7.75. The Hall–Kier alpha value is -1.96. The Morgan fingerprint density at radius 3 is 2.62 bits per heavy atom. The van der Waals surface area contributed by atoms with Crippen molar-refractivity contribution in [2.75, 3.05) is 0 Å². The molecule has 1 aromatic heterocycles. The third kappa shape index (κ3) is 3.58. The maximum Gasteiger partial charge on any atom is 0.266 e. The van der Waals surface area contributed by atoms with Gasteiger partial charge in [-0.3, -0.25) is 9.69 Å². The molecule has 1 aromatic carbocycles. The molecular weight excluding hydrogens is 362 g/mol. The van der Waals surface area contributed by atoms with Crippen LogP contribution in [0.1, 0.15) is 10.4 Å². The third-order valence-corrected chi connectivity index (χ3v) is 5.65. The van der Waals surface area contributed by atoms with Crippen molar-refractivity contribution in [3.63, 3.8) is 0 Å². The van der Waals surface area contributed by atoms with Gasteiger partial charge in [0.05, 0.1) is 16.9 Å².